The Morgan fingerprint density at radius 2 is 1.62 bits per heavy atom. The molecule has 5 rings (SSSR count). The van der Waals surface area contributed by atoms with E-state index in [0.717, 1.165) is 54.4 Å². The van der Waals surface area contributed by atoms with E-state index in [1.165, 1.54) is 5.56 Å². The maximum Gasteiger partial charge on any atom is 0.193 e. The largest absolute Gasteiger partial charge is 0.497 e. The molecular formula is C26H29N3O3. The van der Waals surface area contributed by atoms with E-state index in [9.17, 15) is 4.79 Å². The van der Waals surface area contributed by atoms with Gasteiger partial charge in [0.05, 0.1) is 36.9 Å². The fourth-order valence-electron chi connectivity index (χ4n) is 5.02. The minimum Gasteiger partial charge on any atom is -0.497 e. The summed E-state index contributed by atoms with van der Waals surface area (Å²) in [5, 5.41) is 0. The van der Waals surface area contributed by atoms with Crippen molar-refractivity contribution in [3.63, 3.8) is 0 Å². The zero-order chi connectivity index (χ0) is 22.5. The van der Waals surface area contributed by atoms with Crippen LogP contribution in [-0.4, -0.2) is 49.2 Å². The van der Waals surface area contributed by atoms with Crippen molar-refractivity contribution in [1.82, 2.24) is 4.90 Å². The number of likely N-dealkylation sites (tertiary alicyclic amines) is 1. The molecule has 0 aliphatic carbocycles. The Bertz CT molecular complexity index is 1120. The zero-order valence-electron chi connectivity index (χ0n) is 19.1. The maximum absolute atomic E-state index is 14.0. The second-order valence-electron chi connectivity index (χ2n) is 9.05. The molecule has 0 amide bonds. The number of Topliss-reactive ketones (excluding diaryl/α,β-unsaturated/α-hetero) is 1. The number of anilines is 1. The Kier molecular flexibility index (Phi) is 4.96. The van der Waals surface area contributed by atoms with Crippen LogP contribution < -0.4 is 14.4 Å². The normalized spacial score (nSPS) is 19.5. The molecule has 0 unspecified atom stereocenters. The van der Waals surface area contributed by atoms with E-state index < -0.39 is 5.54 Å². The van der Waals surface area contributed by atoms with Gasteiger partial charge in [0.15, 0.2) is 5.78 Å². The molecular weight excluding hydrogens is 402 g/mol. The van der Waals surface area contributed by atoms with E-state index in [-0.39, 0.29) is 5.78 Å². The molecule has 2 aromatic rings. The minimum atomic E-state index is -0.762. The quantitative estimate of drug-likeness (QED) is 0.697. The number of hydrogen-bond acceptors (Lipinski definition) is 6. The van der Waals surface area contributed by atoms with Gasteiger partial charge in [0.1, 0.15) is 22.9 Å². The average molecular weight is 432 g/mol. The molecule has 3 heterocycles. The van der Waals surface area contributed by atoms with Crippen molar-refractivity contribution in [2.45, 2.75) is 38.6 Å². The lowest BCUT2D eigenvalue weighted by Gasteiger charge is -2.38. The van der Waals surface area contributed by atoms with Crippen LogP contribution in [0.3, 0.4) is 0 Å². The number of methoxy groups -OCH3 is 2. The lowest BCUT2D eigenvalue weighted by Crippen LogP contribution is -2.47. The first-order valence-corrected chi connectivity index (χ1v) is 11.2. The van der Waals surface area contributed by atoms with E-state index in [1.807, 2.05) is 50.2 Å². The SMILES string of the molecule is COc1cc(OC)cc(N2C(N3CCCC3)=C(C3=Nc4ccccc4C3)C(=O)C2(C)C)c1. The summed E-state index contributed by atoms with van der Waals surface area (Å²) in [7, 11) is 3.29. The van der Waals surface area contributed by atoms with Gasteiger partial charge in [-0.05, 0) is 38.3 Å². The monoisotopic (exact) mass is 431 g/mol. The first-order valence-electron chi connectivity index (χ1n) is 11.2. The molecule has 6 heteroatoms. The van der Waals surface area contributed by atoms with Crippen molar-refractivity contribution in [1.29, 1.82) is 0 Å². The number of hydrogen-bond donors (Lipinski definition) is 0. The highest BCUT2D eigenvalue weighted by Gasteiger charge is 2.50. The Balaban J connectivity index is 1.70. The Hall–Kier alpha value is -3.28. The third kappa shape index (κ3) is 3.17. The maximum atomic E-state index is 14.0. The second kappa shape index (κ2) is 7.69. The zero-order valence-corrected chi connectivity index (χ0v) is 19.1. The summed E-state index contributed by atoms with van der Waals surface area (Å²) >= 11 is 0. The van der Waals surface area contributed by atoms with Crippen molar-refractivity contribution >= 4 is 22.9 Å². The van der Waals surface area contributed by atoms with Crippen LogP contribution in [0.25, 0.3) is 0 Å². The lowest BCUT2D eigenvalue weighted by atomic mass is 9.92. The van der Waals surface area contributed by atoms with Crippen molar-refractivity contribution in [3.8, 4) is 11.5 Å². The molecule has 0 aromatic heterocycles. The molecule has 166 valence electrons. The molecule has 0 spiro atoms. The van der Waals surface area contributed by atoms with E-state index in [4.69, 9.17) is 14.5 Å². The molecule has 32 heavy (non-hydrogen) atoms. The summed E-state index contributed by atoms with van der Waals surface area (Å²) < 4.78 is 11.1. The summed E-state index contributed by atoms with van der Waals surface area (Å²) in [5.74, 6) is 2.46. The van der Waals surface area contributed by atoms with Gasteiger partial charge in [0.25, 0.3) is 0 Å². The Morgan fingerprint density at radius 3 is 2.25 bits per heavy atom. The highest BCUT2D eigenvalue weighted by atomic mass is 16.5. The van der Waals surface area contributed by atoms with Crippen molar-refractivity contribution in [2.75, 3.05) is 32.2 Å². The van der Waals surface area contributed by atoms with E-state index in [0.29, 0.717) is 17.9 Å². The van der Waals surface area contributed by atoms with Crippen LogP contribution in [-0.2, 0) is 11.2 Å². The molecule has 0 bridgehead atoms. The van der Waals surface area contributed by atoms with Gasteiger partial charge in [0, 0.05) is 37.7 Å². The van der Waals surface area contributed by atoms with Gasteiger partial charge in [-0.1, -0.05) is 18.2 Å². The van der Waals surface area contributed by atoms with Crippen molar-refractivity contribution in [2.24, 2.45) is 4.99 Å². The fraction of sp³-hybridized carbons (Fsp3) is 0.385. The summed E-state index contributed by atoms with van der Waals surface area (Å²) in [4.78, 5) is 23.4. The summed E-state index contributed by atoms with van der Waals surface area (Å²) in [5.41, 5.74) is 3.86. The number of para-hydroxylation sites is 1. The van der Waals surface area contributed by atoms with Crippen molar-refractivity contribution < 1.29 is 14.3 Å². The second-order valence-corrected chi connectivity index (χ2v) is 9.05. The number of rotatable bonds is 5. The third-order valence-corrected chi connectivity index (χ3v) is 6.67. The topological polar surface area (TPSA) is 54.4 Å². The highest BCUT2D eigenvalue weighted by Crippen LogP contribution is 2.45. The van der Waals surface area contributed by atoms with E-state index >= 15 is 0 Å². The minimum absolute atomic E-state index is 0.104. The van der Waals surface area contributed by atoms with Gasteiger partial charge in [-0.2, -0.15) is 0 Å². The van der Waals surface area contributed by atoms with Crippen LogP contribution in [0.1, 0.15) is 32.3 Å². The van der Waals surface area contributed by atoms with Gasteiger partial charge < -0.3 is 19.3 Å². The van der Waals surface area contributed by atoms with Crippen LogP contribution in [0.5, 0.6) is 11.5 Å². The van der Waals surface area contributed by atoms with Crippen LogP contribution in [0.2, 0.25) is 0 Å². The summed E-state index contributed by atoms with van der Waals surface area (Å²) in [6.45, 7) is 5.85. The number of ketones is 1. The van der Waals surface area contributed by atoms with Crippen LogP contribution >= 0.6 is 0 Å². The van der Waals surface area contributed by atoms with E-state index in [2.05, 4.69) is 15.9 Å². The number of benzene rings is 2. The number of carbonyl (C=O) groups is 1. The molecule has 6 nitrogen and oxygen atoms in total. The number of carbonyl (C=O) groups excluding carboxylic acids is 1. The van der Waals surface area contributed by atoms with E-state index in [1.54, 1.807) is 14.2 Å². The highest BCUT2D eigenvalue weighted by molar-refractivity contribution is 6.30. The predicted molar refractivity (Wildman–Crippen MR) is 126 cm³/mol. The molecule has 0 saturated carbocycles. The number of aliphatic imine (C=N–C) groups is 1. The van der Waals surface area contributed by atoms with Crippen LogP contribution in [0.15, 0.2) is 58.9 Å². The molecule has 0 atom stereocenters. The predicted octanol–water partition coefficient (Wildman–Crippen LogP) is 4.51. The number of ether oxygens (including phenoxy) is 2. The van der Waals surface area contributed by atoms with Crippen LogP contribution in [0, 0.1) is 0 Å². The molecule has 3 aliphatic heterocycles. The molecule has 3 aliphatic rings. The first kappa shape index (κ1) is 20.6. The number of fused-ring (bicyclic) bond motifs is 1. The fourth-order valence-corrected chi connectivity index (χ4v) is 5.02. The van der Waals surface area contributed by atoms with Crippen LogP contribution in [0.4, 0.5) is 11.4 Å². The Labute approximate surface area is 189 Å². The lowest BCUT2D eigenvalue weighted by molar-refractivity contribution is -0.118. The molecule has 0 N–H and O–H groups in total. The number of nitrogens with zero attached hydrogens (tertiary/aromatic N) is 3. The third-order valence-electron chi connectivity index (χ3n) is 6.67. The molecule has 1 fully saturated rings. The average Bonchev–Trinajstić information content (AvgIpc) is 3.51. The molecule has 0 radical (unpaired) electrons. The summed E-state index contributed by atoms with van der Waals surface area (Å²) in [6, 6.07) is 13.9. The van der Waals surface area contributed by atoms with Gasteiger partial charge >= 0.3 is 0 Å². The molecule has 1 saturated heterocycles. The van der Waals surface area contributed by atoms with Gasteiger partial charge in [0.2, 0.25) is 0 Å². The van der Waals surface area contributed by atoms with Crippen molar-refractivity contribution in [3.05, 3.63) is 59.4 Å². The van der Waals surface area contributed by atoms with Gasteiger partial charge in [-0.25, -0.2) is 0 Å². The first-order chi connectivity index (χ1) is 15.4. The Morgan fingerprint density at radius 1 is 0.969 bits per heavy atom. The smallest absolute Gasteiger partial charge is 0.193 e. The van der Waals surface area contributed by atoms with Gasteiger partial charge in [-0.15, -0.1) is 0 Å². The van der Waals surface area contributed by atoms with Gasteiger partial charge in [-0.3, -0.25) is 9.79 Å². The standard InChI is InChI=1S/C26H29N3O3/c1-26(2)24(30)23(22-13-17-9-5-6-10-21(17)27-22)25(28-11-7-8-12-28)29(26)18-14-19(31-3)16-20(15-18)32-4/h5-6,9-10,14-16H,7-8,11-13H2,1-4H3. The molecule has 2 aromatic carbocycles. The summed E-state index contributed by atoms with van der Waals surface area (Å²) in [6.07, 6.45) is 2.92.